The van der Waals surface area contributed by atoms with Crippen molar-refractivity contribution in [2.24, 2.45) is 5.41 Å². The molecule has 2 amide bonds. The third-order valence-electron chi connectivity index (χ3n) is 6.49. The zero-order chi connectivity index (χ0) is 20.4. The number of hydrogen-bond donors (Lipinski definition) is 1. The van der Waals surface area contributed by atoms with E-state index in [2.05, 4.69) is 4.98 Å². The van der Waals surface area contributed by atoms with E-state index in [1.165, 1.54) is 0 Å². The van der Waals surface area contributed by atoms with Gasteiger partial charge in [-0.2, -0.15) is 0 Å². The summed E-state index contributed by atoms with van der Waals surface area (Å²) in [6.45, 7) is 3.87. The fourth-order valence-electron chi connectivity index (χ4n) is 4.72. The van der Waals surface area contributed by atoms with Gasteiger partial charge >= 0.3 is 0 Å². The minimum atomic E-state index is -0.162. The molecule has 29 heavy (non-hydrogen) atoms. The van der Waals surface area contributed by atoms with Gasteiger partial charge in [0.15, 0.2) is 0 Å². The zero-order valence-electron chi connectivity index (χ0n) is 16.8. The summed E-state index contributed by atoms with van der Waals surface area (Å²) in [7, 11) is 0. The van der Waals surface area contributed by atoms with E-state index in [0.29, 0.717) is 30.8 Å². The van der Waals surface area contributed by atoms with Crippen LogP contribution in [0.5, 0.6) is 0 Å². The van der Waals surface area contributed by atoms with Crippen LogP contribution in [0.25, 0.3) is 0 Å². The first-order chi connectivity index (χ1) is 14.0. The van der Waals surface area contributed by atoms with Crippen LogP contribution in [0.2, 0.25) is 0 Å². The van der Waals surface area contributed by atoms with Gasteiger partial charge in [0.25, 0.3) is 11.8 Å². The average Bonchev–Trinajstić information content (AvgIpc) is 3.12. The number of hydrogen-bond acceptors (Lipinski definition) is 4. The van der Waals surface area contributed by atoms with Gasteiger partial charge in [-0.25, -0.2) is 0 Å². The summed E-state index contributed by atoms with van der Waals surface area (Å²) in [5, 5.41) is 9.90. The molecular weight excluding hydrogens is 366 g/mol. The van der Waals surface area contributed by atoms with E-state index in [4.69, 9.17) is 0 Å². The normalized spacial score (nSPS) is 20.8. The molecule has 2 aliphatic heterocycles. The van der Waals surface area contributed by atoms with Crippen LogP contribution in [0, 0.1) is 12.3 Å². The number of nitrogens with zero attached hydrogens (tertiary/aromatic N) is 3. The Morgan fingerprint density at radius 1 is 1.14 bits per heavy atom. The molecule has 152 valence electrons. The van der Waals surface area contributed by atoms with E-state index >= 15 is 0 Å². The molecule has 6 heteroatoms. The molecule has 6 nitrogen and oxygen atoms in total. The number of likely N-dealkylation sites (tertiary alicyclic amines) is 2. The third-order valence-corrected chi connectivity index (χ3v) is 6.49. The Balaban J connectivity index is 1.45. The van der Waals surface area contributed by atoms with Gasteiger partial charge in [0.1, 0.15) is 0 Å². The van der Waals surface area contributed by atoms with Crippen molar-refractivity contribution in [3.05, 3.63) is 65.5 Å². The fourth-order valence-corrected chi connectivity index (χ4v) is 4.72. The lowest BCUT2D eigenvalue weighted by atomic mass is 9.76. The van der Waals surface area contributed by atoms with Crippen molar-refractivity contribution in [3.8, 4) is 0 Å². The van der Waals surface area contributed by atoms with Crippen molar-refractivity contribution < 1.29 is 14.7 Å². The van der Waals surface area contributed by atoms with Crippen LogP contribution in [-0.2, 0) is 0 Å². The van der Waals surface area contributed by atoms with Crippen molar-refractivity contribution in [2.45, 2.75) is 32.2 Å². The van der Waals surface area contributed by atoms with Gasteiger partial charge in [0, 0.05) is 37.6 Å². The second-order valence-corrected chi connectivity index (χ2v) is 8.32. The van der Waals surface area contributed by atoms with Gasteiger partial charge in [-0.15, -0.1) is 0 Å². The molecule has 0 bridgehead atoms. The minimum absolute atomic E-state index is 0.0222. The van der Waals surface area contributed by atoms with E-state index in [-0.39, 0.29) is 29.9 Å². The number of aryl methyl sites for hydroxylation is 1. The summed E-state index contributed by atoms with van der Waals surface area (Å²) < 4.78 is 0. The molecule has 1 N–H and O–H groups in total. The molecule has 0 aliphatic carbocycles. The maximum absolute atomic E-state index is 13.0. The molecule has 2 aromatic rings. The van der Waals surface area contributed by atoms with Crippen LogP contribution in [0.3, 0.4) is 0 Å². The van der Waals surface area contributed by atoms with Gasteiger partial charge < -0.3 is 14.9 Å². The minimum Gasteiger partial charge on any atom is -0.394 e. The smallest absolute Gasteiger partial charge is 0.255 e. The first kappa shape index (κ1) is 19.6. The lowest BCUT2D eigenvalue weighted by Crippen LogP contribution is -2.45. The number of aliphatic hydroxyl groups excluding tert-OH is 1. The summed E-state index contributed by atoms with van der Waals surface area (Å²) >= 11 is 0. The van der Waals surface area contributed by atoms with Gasteiger partial charge in [-0.3, -0.25) is 14.6 Å². The number of carbonyl (C=O) groups is 2. The van der Waals surface area contributed by atoms with E-state index in [0.717, 1.165) is 24.8 Å². The molecule has 4 rings (SSSR count). The van der Waals surface area contributed by atoms with Gasteiger partial charge in [-0.05, 0) is 55.4 Å². The van der Waals surface area contributed by atoms with Crippen LogP contribution in [0.1, 0.15) is 45.5 Å². The lowest BCUT2D eigenvalue weighted by Gasteiger charge is -2.39. The van der Waals surface area contributed by atoms with Gasteiger partial charge in [0.2, 0.25) is 0 Å². The van der Waals surface area contributed by atoms with Gasteiger partial charge in [0.05, 0.1) is 18.2 Å². The lowest BCUT2D eigenvalue weighted by molar-refractivity contribution is 0.0558. The van der Waals surface area contributed by atoms with Crippen LogP contribution in [0.4, 0.5) is 0 Å². The number of benzene rings is 1. The van der Waals surface area contributed by atoms with Crippen molar-refractivity contribution in [3.63, 3.8) is 0 Å². The molecule has 1 spiro atoms. The number of piperidine rings is 1. The van der Waals surface area contributed by atoms with Crippen LogP contribution in [-0.4, -0.2) is 64.0 Å². The van der Waals surface area contributed by atoms with Crippen molar-refractivity contribution in [2.75, 3.05) is 26.2 Å². The molecule has 1 unspecified atom stereocenters. The highest BCUT2D eigenvalue weighted by Gasteiger charge is 2.47. The molecule has 2 saturated heterocycles. The molecule has 1 atom stereocenters. The number of rotatable bonds is 3. The molecule has 1 aromatic carbocycles. The van der Waals surface area contributed by atoms with Crippen LogP contribution >= 0.6 is 0 Å². The Hall–Kier alpha value is -2.73. The van der Waals surface area contributed by atoms with Gasteiger partial charge in [-0.1, -0.05) is 18.2 Å². The average molecular weight is 393 g/mol. The van der Waals surface area contributed by atoms with Crippen molar-refractivity contribution >= 4 is 11.8 Å². The Morgan fingerprint density at radius 2 is 1.86 bits per heavy atom. The van der Waals surface area contributed by atoms with Crippen LogP contribution < -0.4 is 0 Å². The quantitative estimate of drug-likeness (QED) is 0.870. The van der Waals surface area contributed by atoms with Crippen LogP contribution in [0.15, 0.2) is 48.8 Å². The standard InChI is InChI=1S/C23H27N3O3/c1-17-7-10-24-14-20(17)22(29)25-11-8-23(9-12-25)13-19(15-27)26(16-23)21(28)18-5-3-2-4-6-18/h2-7,10,14,19,27H,8-9,11-13,15-16H2,1H3. The summed E-state index contributed by atoms with van der Waals surface area (Å²) in [5.41, 5.74) is 2.22. The maximum atomic E-state index is 13.0. The molecule has 2 aliphatic rings. The zero-order valence-corrected chi connectivity index (χ0v) is 16.8. The Morgan fingerprint density at radius 3 is 2.52 bits per heavy atom. The Labute approximate surface area is 171 Å². The molecular formula is C23H27N3O3. The highest BCUT2D eigenvalue weighted by Crippen LogP contribution is 2.44. The number of aromatic nitrogens is 1. The molecule has 3 heterocycles. The summed E-state index contributed by atoms with van der Waals surface area (Å²) in [6, 6.07) is 10.9. The van der Waals surface area contributed by atoms with Crippen molar-refractivity contribution in [1.82, 2.24) is 14.8 Å². The topological polar surface area (TPSA) is 73.7 Å². The second kappa shape index (κ2) is 7.95. The summed E-state index contributed by atoms with van der Waals surface area (Å²) in [4.78, 5) is 33.7. The predicted molar refractivity (Wildman–Crippen MR) is 110 cm³/mol. The number of aliphatic hydroxyl groups is 1. The first-order valence-corrected chi connectivity index (χ1v) is 10.2. The maximum Gasteiger partial charge on any atom is 0.255 e. The highest BCUT2D eigenvalue weighted by molar-refractivity contribution is 5.95. The number of carbonyl (C=O) groups excluding carboxylic acids is 2. The predicted octanol–water partition coefficient (Wildman–Crippen LogP) is 2.52. The molecule has 2 fully saturated rings. The summed E-state index contributed by atoms with van der Waals surface area (Å²) in [6.07, 6.45) is 5.80. The van der Waals surface area contributed by atoms with E-state index in [9.17, 15) is 14.7 Å². The monoisotopic (exact) mass is 393 g/mol. The molecule has 1 aromatic heterocycles. The Kier molecular flexibility index (Phi) is 5.37. The molecule has 0 saturated carbocycles. The van der Waals surface area contributed by atoms with Crippen molar-refractivity contribution in [1.29, 1.82) is 0 Å². The van der Waals surface area contributed by atoms with E-state index in [1.54, 1.807) is 12.4 Å². The highest BCUT2D eigenvalue weighted by atomic mass is 16.3. The van der Waals surface area contributed by atoms with E-state index < -0.39 is 0 Å². The molecule has 0 radical (unpaired) electrons. The summed E-state index contributed by atoms with van der Waals surface area (Å²) in [5.74, 6) is 0.00499. The Bertz CT molecular complexity index is 891. The SMILES string of the molecule is Cc1ccncc1C(=O)N1CCC2(CC1)CC(CO)N(C(=O)c1ccccc1)C2. The third kappa shape index (κ3) is 3.77. The van der Waals surface area contributed by atoms with E-state index in [1.807, 2.05) is 53.1 Å². The number of pyridine rings is 1. The first-order valence-electron chi connectivity index (χ1n) is 10.2. The second-order valence-electron chi connectivity index (χ2n) is 8.32. The largest absolute Gasteiger partial charge is 0.394 e. The fraction of sp³-hybridized carbons (Fsp3) is 0.435. The number of amides is 2.